The minimum atomic E-state index is -0.388. The van der Waals surface area contributed by atoms with Gasteiger partial charge < -0.3 is 18.9 Å². The molecule has 2 aromatic carbocycles. The van der Waals surface area contributed by atoms with Crippen LogP contribution < -0.4 is 14.2 Å². The molecule has 0 saturated carbocycles. The van der Waals surface area contributed by atoms with Gasteiger partial charge in [0.1, 0.15) is 17.5 Å². The molecule has 0 aliphatic rings. The van der Waals surface area contributed by atoms with Crippen LogP contribution in [0.1, 0.15) is 12.0 Å². The topological polar surface area (TPSA) is 66.9 Å². The van der Waals surface area contributed by atoms with E-state index in [2.05, 4.69) is 4.98 Å². The molecule has 0 saturated heterocycles. The van der Waals surface area contributed by atoms with Crippen molar-refractivity contribution in [1.82, 2.24) is 4.98 Å². The number of carbonyl (C=O) groups is 1. The summed E-state index contributed by atoms with van der Waals surface area (Å²) in [6.07, 6.45) is 0.105. The van der Waals surface area contributed by atoms with Gasteiger partial charge in [0.15, 0.2) is 11.5 Å². The highest BCUT2D eigenvalue weighted by molar-refractivity contribution is 6.30. The van der Waals surface area contributed by atoms with Crippen LogP contribution >= 0.6 is 11.6 Å². The third-order valence-electron chi connectivity index (χ3n) is 4.07. The monoisotopic (exact) mass is 401 g/mol. The van der Waals surface area contributed by atoms with Crippen molar-refractivity contribution in [3.8, 4) is 17.2 Å². The lowest BCUT2D eigenvalue weighted by Gasteiger charge is -2.11. The number of aromatic nitrogens is 1. The van der Waals surface area contributed by atoms with Gasteiger partial charge in [0.2, 0.25) is 0 Å². The molecule has 0 amide bonds. The van der Waals surface area contributed by atoms with Crippen molar-refractivity contribution in [3.05, 3.63) is 59.2 Å². The third kappa shape index (κ3) is 4.84. The Morgan fingerprint density at radius 1 is 1.04 bits per heavy atom. The molecular formula is C21H20ClNO5. The Morgan fingerprint density at radius 2 is 1.82 bits per heavy atom. The summed E-state index contributed by atoms with van der Waals surface area (Å²) in [5.74, 6) is 1.50. The quantitative estimate of drug-likeness (QED) is 0.411. The number of esters is 1. The van der Waals surface area contributed by atoms with Crippen LogP contribution in [0, 0.1) is 0 Å². The van der Waals surface area contributed by atoms with Crippen LogP contribution in [-0.2, 0) is 16.1 Å². The van der Waals surface area contributed by atoms with Gasteiger partial charge in [-0.05, 0) is 30.3 Å². The normalized spacial score (nSPS) is 10.5. The lowest BCUT2D eigenvalue weighted by Crippen LogP contribution is -2.10. The van der Waals surface area contributed by atoms with Gasteiger partial charge in [0, 0.05) is 17.0 Å². The second kappa shape index (κ2) is 9.28. The average Bonchev–Trinajstić information content (AvgIpc) is 2.72. The van der Waals surface area contributed by atoms with E-state index in [1.54, 1.807) is 32.4 Å². The molecule has 0 radical (unpaired) electrons. The average molecular weight is 402 g/mol. The van der Waals surface area contributed by atoms with E-state index in [0.29, 0.717) is 33.5 Å². The molecular weight excluding hydrogens is 382 g/mol. The van der Waals surface area contributed by atoms with Crippen molar-refractivity contribution >= 4 is 28.5 Å². The Hall–Kier alpha value is -2.99. The first-order valence-electron chi connectivity index (χ1n) is 8.65. The highest BCUT2D eigenvalue weighted by Gasteiger charge is 2.10. The van der Waals surface area contributed by atoms with Gasteiger partial charge in [-0.3, -0.25) is 4.79 Å². The zero-order chi connectivity index (χ0) is 19.9. The van der Waals surface area contributed by atoms with E-state index in [1.165, 1.54) is 0 Å². The maximum Gasteiger partial charge on any atom is 0.309 e. The number of carbonyl (C=O) groups excluding carboxylic acids is 1. The molecule has 0 aliphatic heterocycles. The van der Waals surface area contributed by atoms with Crippen molar-refractivity contribution in [1.29, 1.82) is 0 Å². The molecule has 3 aromatic rings. The van der Waals surface area contributed by atoms with Gasteiger partial charge in [0.25, 0.3) is 0 Å². The predicted molar refractivity (Wildman–Crippen MR) is 106 cm³/mol. The first-order valence-corrected chi connectivity index (χ1v) is 9.03. The highest BCUT2D eigenvalue weighted by Crippen LogP contribution is 2.26. The number of ether oxygens (including phenoxy) is 4. The van der Waals surface area contributed by atoms with Crippen molar-refractivity contribution in [3.63, 3.8) is 0 Å². The van der Waals surface area contributed by atoms with Gasteiger partial charge in [-0.25, -0.2) is 4.98 Å². The Balaban J connectivity index is 1.54. The summed E-state index contributed by atoms with van der Waals surface area (Å²) in [7, 11) is 3.15. The van der Waals surface area contributed by atoms with E-state index < -0.39 is 0 Å². The number of pyridine rings is 1. The molecule has 0 spiro atoms. The Morgan fingerprint density at radius 3 is 2.57 bits per heavy atom. The minimum absolute atomic E-state index is 0.0430. The van der Waals surface area contributed by atoms with Crippen molar-refractivity contribution in [2.45, 2.75) is 13.0 Å². The molecule has 6 nitrogen and oxygen atoms in total. The van der Waals surface area contributed by atoms with Crippen LogP contribution in [0.3, 0.4) is 0 Å². The number of halogens is 1. The summed E-state index contributed by atoms with van der Waals surface area (Å²) in [4.78, 5) is 16.3. The standard InChI is InChI=1S/C21H20ClNO5/c1-25-16-8-7-14-11-15(21(22)23-17(14)12-16)13-28-20(24)9-10-27-19-6-4-3-5-18(19)26-2/h3-8,11-12H,9-10,13H2,1-2H3. The van der Waals surface area contributed by atoms with E-state index >= 15 is 0 Å². The van der Waals surface area contributed by atoms with Gasteiger partial charge in [-0.15, -0.1) is 0 Å². The first kappa shape index (κ1) is 19.8. The number of nitrogens with zero attached hydrogens (tertiary/aromatic N) is 1. The molecule has 146 valence electrons. The number of fused-ring (bicyclic) bond motifs is 1. The van der Waals surface area contributed by atoms with Crippen molar-refractivity contribution in [2.24, 2.45) is 0 Å². The largest absolute Gasteiger partial charge is 0.497 e. The van der Waals surface area contributed by atoms with Gasteiger partial charge in [-0.1, -0.05) is 23.7 Å². The van der Waals surface area contributed by atoms with Crippen LogP contribution in [0.25, 0.3) is 10.9 Å². The second-order valence-electron chi connectivity index (χ2n) is 5.91. The van der Waals surface area contributed by atoms with Crippen LogP contribution in [0.2, 0.25) is 5.15 Å². The first-order chi connectivity index (χ1) is 13.6. The number of rotatable bonds is 8. The Bertz CT molecular complexity index is 976. The molecule has 0 aliphatic carbocycles. The smallest absolute Gasteiger partial charge is 0.309 e. The van der Waals surface area contributed by atoms with E-state index in [9.17, 15) is 4.79 Å². The van der Waals surface area contributed by atoms with Crippen LogP contribution in [0.15, 0.2) is 48.5 Å². The number of hydrogen-bond donors (Lipinski definition) is 0. The Kier molecular flexibility index (Phi) is 6.55. The lowest BCUT2D eigenvalue weighted by molar-refractivity contribution is -0.145. The fourth-order valence-electron chi connectivity index (χ4n) is 2.61. The molecule has 0 N–H and O–H groups in total. The molecule has 1 heterocycles. The second-order valence-corrected chi connectivity index (χ2v) is 6.26. The van der Waals surface area contributed by atoms with E-state index in [-0.39, 0.29) is 25.6 Å². The van der Waals surface area contributed by atoms with E-state index in [1.807, 2.05) is 30.3 Å². The number of methoxy groups -OCH3 is 2. The Labute approximate surface area is 167 Å². The summed E-state index contributed by atoms with van der Waals surface area (Å²) in [5, 5.41) is 1.18. The summed E-state index contributed by atoms with van der Waals surface area (Å²) in [6.45, 7) is 0.226. The maximum absolute atomic E-state index is 12.0. The number of hydrogen-bond acceptors (Lipinski definition) is 6. The van der Waals surface area contributed by atoms with Gasteiger partial charge in [-0.2, -0.15) is 0 Å². The molecule has 3 rings (SSSR count). The zero-order valence-corrected chi connectivity index (χ0v) is 16.4. The van der Waals surface area contributed by atoms with E-state index in [4.69, 9.17) is 30.5 Å². The number of benzene rings is 2. The molecule has 28 heavy (non-hydrogen) atoms. The predicted octanol–water partition coefficient (Wildman–Crippen LogP) is 4.42. The molecule has 1 aromatic heterocycles. The highest BCUT2D eigenvalue weighted by atomic mass is 35.5. The van der Waals surface area contributed by atoms with Crippen molar-refractivity contribution in [2.75, 3.05) is 20.8 Å². The lowest BCUT2D eigenvalue weighted by atomic mass is 10.1. The fourth-order valence-corrected chi connectivity index (χ4v) is 2.81. The molecule has 0 unspecified atom stereocenters. The molecule has 0 bridgehead atoms. The zero-order valence-electron chi connectivity index (χ0n) is 15.6. The van der Waals surface area contributed by atoms with Crippen LogP contribution in [0.5, 0.6) is 17.2 Å². The maximum atomic E-state index is 12.0. The third-order valence-corrected chi connectivity index (χ3v) is 4.40. The molecule has 0 atom stereocenters. The fraction of sp³-hybridized carbons (Fsp3) is 0.238. The summed E-state index contributed by atoms with van der Waals surface area (Å²) in [5.41, 5.74) is 1.35. The van der Waals surface area contributed by atoms with Crippen LogP contribution in [-0.4, -0.2) is 31.8 Å². The SMILES string of the molecule is COc1ccc2cc(COC(=O)CCOc3ccccc3OC)c(Cl)nc2c1. The summed E-state index contributed by atoms with van der Waals surface area (Å²) >= 11 is 6.22. The number of para-hydroxylation sites is 2. The molecule has 0 fully saturated rings. The summed E-state index contributed by atoms with van der Waals surface area (Å²) in [6, 6.07) is 14.6. The van der Waals surface area contributed by atoms with Gasteiger partial charge >= 0.3 is 5.97 Å². The molecule has 7 heteroatoms. The van der Waals surface area contributed by atoms with Crippen molar-refractivity contribution < 1.29 is 23.7 Å². The summed E-state index contributed by atoms with van der Waals surface area (Å²) < 4.78 is 21.3. The van der Waals surface area contributed by atoms with E-state index in [0.717, 1.165) is 5.39 Å². The van der Waals surface area contributed by atoms with Gasteiger partial charge in [0.05, 0.1) is 32.8 Å². The minimum Gasteiger partial charge on any atom is -0.497 e. The van der Waals surface area contributed by atoms with Crippen LogP contribution in [0.4, 0.5) is 0 Å².